The summed E-state index contributed by atoms with van der Waals surface area (Å²) in [5.41, 5.74) is 8.01. The summed E-state index contributed by atoms with van der Waals surface area (Å²) < 4.78 is 0. The number of para-hydroxylation sites is 1. The normalized spacial score (nSPS) is 26.3. The molecule has 1 amide bonds. The van der Waals surface area contributed by atoms with Crippen molar-refractivity contribution in [2.75, 3.05) is 11.4 Å². The predicted molar refractivity (Wildman–Crippen MR) is 65.8 cm³/mol. The zero-order chi connectivity index (χ0) is 10.4. The van der Waals surface area contributed by atoms with Gasteiger partial charge in [0, 0.05) is 18.3 Å². The van der Waals surface area contributed by atoms with Crippen LogP contribution in [0.5, 0.6) is 0 Å². The fourth-order valence-electron chi connectivity index (χ4n) is 2.23. The highest BCUT2D eigenvalue weighted by atomic mass is 35.5. The zero-order valence-electron chi connectivity index (χ0n) is 8.93. The molecule has 1 fully saturated rings. The molecule has 0 saturated heterocycles. The summed E-state index contributed by atoms with van der Waals surface area (Å²) in [4.78, 5) is 13.7. The van der Waals surface area contributed by atoms with Crippen molar-refractivity contribution in [3.05, 3.63) is 29.8 Å². The highest BCUT2D eigenvalue weighted by molar-refractivity contribution is 6.01. The van der Waals surface area contributed by atoms with E-state index < -0.39 is 0 Å². The minimum absolute atomic E-state index is 0. The second kappa shape index (κ2) is 4.07. The first kappa shape index (κ1) is 11.4. The number of benzene rings is 1. The van der Waals surface area contributed by atoms with Crippen LogP contribution in [0.4, 0.5) is 5.69 Å². The van der Waals surface area contributed by atoms with Crippen molar-refractivity contribution in [2.45, 2.75) is 18.9 Å². The van der Waals surface area contributed by atoms with Gasteiger partial charge in [0.2, 0.25) is 5.91 Å². The van der Waals surface area contributed by atoms with E-state index in [2.05, 4.69) is 0 Å². The van der Waals surface area contributed by atoms with Gasteiger partial charge in [-0.05, 0) is 24.0 Å². The average Bonchev–Trinajstić information content (AvgIpc) is 2.82. The molecule has 16 heavy (non-hydrogen) atoms. The van der Waals surface area contributed by atoms with Gasteiger partial charge in [-0.1, -0.05) is 18.2 Å². The van der Waals surface area contributed by atoms with Gasteiger partial charge in [-0.15, -0.1) is 12.4 Å². The number of nitrogens with two attached hydrogens (primary N) is 1. The van der Waals surface area contributed by atoms with Gasteiger partial charge in [-0.2, -0.15) is 0 Å². The summed E-state index contributed by atoms with van der Waals surface area (Å²) in [5.74, 6) is 0.732. The van der Waals surface area contributed by atoms with Crippen LogP contribution in [-0.2, 0) is 11.2 Å². The number of carbonyl (C=O) groups is 1. The summed E-state index contributed by atoms with van der Waals surface area (Å²) >= 11 is 0. The van der Waals surface area contributed by atoms with E-state index in [1.54, 1.807) is 0 Å². The maximum atomic E-state index is 11.8. The number of carbonyl (C=O) groups excluding carboxylic acids is 1. The summed E-state index contributed by atoms with van der Waals surface area (Å²) in [6.45, 7) is 0.803. The molecule has 4 heteroatoms. The number of nitrogens with zero attached hydrogens (tertiary/aromatic N) is 1. The van der Waals surface area contributed by atoms with E-state index >= 15 is 0 Å². The number of rotatable bonds is 2. The van der Waals surface area contributed by atoms with Crippen LogP contribution in [0, 0.1) is 5.92 Å². The van der Waals surface area contributed by atoms with Crippen LogP contribution in [0.1, 0.15) is 12.0 Å². The standard InChI is InChI=1S/C12H14N2O.ClH/c13-10-5-9(10)7-14-11-4-2-1-3-8(11)6-12(14)15;/h1-4,9-10H,5-7,13H2;1H. The molecule has 0 aromatic heterocycles. The second-order valence-corrected chi connectivity index (χ2v) is 4.47. The molecule has 1 aliphatic heterocycles. The van der Waals surface area contributed by atoms with Gasteiger partial charge in [0.15, 0.2) is 0 Å². The van der Waals surface area contributed by atoms with E-state index in [0.717, 1.165) is 24.2 Å². The Morgan fingerprint density at radius 1 is 1.38 bits per heavy atom. The molecule has 3 rings (SSSR count). The third-order valence-electron chi connectivity index (χ3n) is 3.32. The van der Waals surface area contributed by atoms with Gasteiger partial charge in [-0.25, -0.2) is 0 Å². The van der Waals surface area contributed by atoms with Crippen LogP contribution in [0.2, 0.25) is 0 Å². The maximum Gasteiger partial charge on any atom is 0.231 e. The minimum atomic E-state index is 0. The number of halogens is 1. The van der Waals surface area contributed by atoms with E-state index in [0.29, 0.717) is 18.4 Å². The van der Waals surface area contributed by atoms with E-state index in [1.807, 2.05) is 29.2 Å². The number of hydrogen-bond donors (Lipinski definition) is 1. The summed E-state index contributed by atoms with van der Waals surface area (Å²) in [6.07, 6.45) is 1.62. The first-order valence-corrected chi connectivity index (χ1v) is 5.39. The molecule has 1 aromatic rings. The summed E-state index contributed by atoms with van der Waals surface area (Å²) in [6, 6.07) is 8.33. The Bertz CT molecular complexity index is 421. The zero-order valence-corrected chi connectivity index (χ0v) is 9.74. The molecular weight excluding hydrogens is 224 g/mol. The lowest BCUT2D eigenvalue weighted by Crippen LogP contribution is -2.30. The van der Waals surface area contributed by atoms with Gasteiger partial charge >= 0.3 is 0 Å². The monoisotopic (exact) mass is 238 g/mol. The van der Waals surface area contributed by atoms with E-state index in [9.17, 15) is 4.79 Å². The fourth-order valence-corrected chi connectivity index (χ4v) is 2.23. The van der Waals surface area contributed by atoms with Crippen molar-refractivity contribution in [1.29, 1.82) is 0 Å². The van der Waals surface area contributed by atoms with Crippen molar-refractivity contribution in [3.8, 4) is 0 Å². The third kappa shape index (κ3) is 1.81. The van der Waals surface area contributed by atoms with Crippen molar-refractivity contribution < 1.29 is 4.79 Å². The molecule has 1 saturated carbocycles. The molecule has 0 bridgehead atoms. The second-order valence-electron chi connectivity index (χ2n) is 4.47. The average molecular weight is 239 g/mol. The molecule has 86 valence electrons. The Kier molecular flexibility index (Phi) is 2.91. The molecule has 0 spiro atoms. The highest BCUT2D eigenvalue weighted by Crippen LogP contribution is 2.34. The Balaban J connectivity index is 0.000000963. The molecule has 2 aliphatic rings. The molecule has 2 N–H and O–H groups in total. The summed E-state index contributed by atoms with van der Waals surface area (Å²) in [5, 5.41) is 0. The Hall–Kier alpha value is -1.06. The SMILES string of the molecule is Cl.NC1CC1CN1C(=O)Cc2ccccc21. The van der Waals surface area contributed by atoms with E-state index in [4.69, 9.17) is 5.73 Å². The molecule has 2 atom stereocenters. The quantitative estimate of drug-likeness (QED) is 0.846. The lowest BCUT2D eigenvalue weighted by atomic mass is 10.2. The maximum absolute atomic E-state index is 11.8. The highest BCUT2D eigenvalue weighted by Gasteiger charge is 2.38. The number of amides is 1. The van der Waals surface area contributed by atoms with Gasteiger partial charge < -0.3 is 10.6 Å². The van der Waals surface area contributed by atoms with Gasteiger partial charge in [-0.3, -0.25) is 4.79 Å². The third-order valence-corrected chi connectivity index (χ3v) is 3.32. The molecule has 3 nitrogen and oxygen atoms in total. The molecule has 2 unspecified atom stereocenters. The molecule has 1 aromatic carbocycles. The Labute approximate surface area is 101 Å². The number of fused-ring (bicyclic) bond motifs is 1. The number of hydrogen-bond acceptors (Lipinski definition) is 2. The molecule has 1 aliphatic carbocycles. The first-order valence-electron chi connectivity index (χ1n) is 5.39. The van der Waals surface area contributed by atoms with Crippen molar-refractivity contribution >= 4 is 24.0 Å². The minimum Gasteiger partial charge on any atom is -0.327 e. The first-order chi connectivity index (χ1) is 7.25. The van der Waals surface area contributed by atoms with Crippen LogP contribution in [0.15, 0.2) is 24.3 Å². The molecular formula is C12H15ClN2O. The van der Waals surface area contributed by atoms with E-state index in [1.165, 1.54) is 0 Å². The largest absolute Gasteiger partial charge is 0.327 e. The van der Waals surface area contributed by atoms with Crippen LogP contribution in [-0.4, -0.2) is 18.5 Å². The Morgan fingerprint density at radius 2 is 2.06 bits per heavy atom. The molecule has 0 radical (unpaired) electrons. The summed E-state index contributed by atoms with van der Waals surface area (Å²) in [7, 11) is 0. The lowest BCUT2D eigenvalue weighted by molar-refractivity contribution is -0.117. The number of anilines is 1. The Morgan fingerprint density at radius 3 is 2.75 bits per heavy atom. The van der Waals surface area contributed by atoms with Crippen LogP contribution >= 0.6 is 12.4 Å². The van der Waals surface area contributed by atoms with E-state index in [-0.39, 0.29) is 18.3 Å². The lowest BCUT2D eigenvalue weighted by Gasteiger charge is -2.16. The van der Waals surface area contributed by atoms with Crippen LogP contribution < -0.4 is 10.6 Å². The van der Waals surface area contributed by atoms with Crippen molar-refractivity contribution in [1.82, 2.24) is 0 Å². The van der Waals surface area contributed by atoms with Crippen molar-refractivity contribution in [3.63, 3.8) is 0 Å². The predicted octanol–water partition coefficient (Wildman–Crippen LogP) is 1.34. The van der Waals surface area contributed by atoms with Gasteiger partial charge in [0.05, 0.1) is 6.42 Å². The fraction of sp³-hybridized carbons (Fsp3) is 0.417. The van der Waals surface area contributed by atoms with Gasteiger partial charge in [0.1, 0.15) is 0 Å². The van der Waals surface area contributed by atoms with Crippen LogP contribution in [0.3, 0.4) is 0 Å². The van der Waals surface area contributed by atoms with Gasteiger partial charge in [0.25, 0.3) is 0 Å². The molecule has 1 heterocycles. The van der Waals surface area contributed by atoms with Crippen LogP contribution in [0.25, 0.3) is 0 Å². The topological polar surface area (TPSA) is 46.3 Å². The van der Waals surface area contributed by atoms with Crippen molar-refractivity contribution in [2.24, 2.45) is 11.7 Å². The smallest absolute Gasteiger partial charge is 0.231 e.